The summed E-state index contributed by atoms with van der Waals surface area (Å²) in [5.41, 5.74) is 3.70. The normalized spacial score (nSPS) is 22.1. The van der Waals surface area contributed by atoms with Crippen LogP contribution in [0.15, 0.2) is 47.6 Å². The Morgan fingerprint density at radius 3 is 2.93 bits per heavy atom. The van der Waals surface area contributed by atoms with Crippen LogP contribution >= 0.6 is 0 Å². The van der Waals surface area contributed by atoms with Crippen LogP contribution in [0.5, 0.6) is 0 Å². The topological polar surface area (TPSA) is 83.6 Å². The van der Waals surface area contributed by atoms with Crippen LogP contribution in [0.2, 0.25) is 0 Å². The number of piperazine rings is 1. The van der Waals surface area contributed by atoms with Gasteiger partial charge in [-0.2, -0.15) is 0 Å². The fourth-order valence-electron chi connectivity index (χ4n) is 3.86. The third-order valence-electron chi connectivity index (χ3n) is 5.13. The number of aliphatic imine (C=N–C) groups is 1. The maximum atomic E-state index is 4.86. The summed E-state index contributed by atoms with van der Waals surface area (Å²) < 4.78 is 1.99. The SMILES string of the molecule is Cc1cn2c(-c3nccc(N4CC(C)NC(C5=CCC=N5)C4)n3)cnc2cn1. The molecule has 2 aliphatic rings. The molecular formula is C20H22N8. The van der Waals surface area contributed by atoms with Crippen LogP contribution in [0.4, 0.5) is 5.82 Å². The number of allylic oxidation sites excluding steroid dienone is 1. The highest BCUT2D eigenvalue weighted by molar-refractivity contribution is 5.65. The minimum atomic E-state index is 0.213. The molecule has 3 aromatic heterocycles. The largest absolute Gasteiger partial charge is 0.353 e. The Balaban J connectivity index is 1.48. The molecule has 0 bridgehead atoms. The highest BCUT2D eigenvalue weighted by atomic mass is 15.3. The van der Waals surface area contributed by atoms with Crippen molar-refractivity contribution in [2.24, 2.45) is 4.99 Å². The van der Waals surface area contributed by atoms with Crippen molar-refractivity contribution >= 4 is 17.7 Å². The average molecular weight is 374 g/mol. The first-order valence-corrected chi connectivity index (χ1v) is 9.54. The van der Waals surface area contributed by atoms with E-state index in [1.807, 2.05) is 36.0 Å². The van der Waals surface area contributed by atoms with Crippen LogP contribution in [0.1, 0.15) is 19.0 Å². The van der Waals surface area contributed by atoms with Crippen LogP contribution < -0.4 is 10.2 Å². The molecule has 0 amide bonds. The number of aryl methyl sites for hydroxylation is 1. The van der Waals surface area contributed by atoms with E-state index in [1.54, 1.807) is 12.4 Å². The van der Waals surface area contributed by atoms with Crippen molar-refractivity contribution in [1.29, 1.82) is 0 Å². The van der Waals surface area contributed by atoms with E-state index in [1.165, 1.54) is 0 Å². The van der Waals surface area contributed by atoms with Crippen molar-refractivity contribution in [2.45, 2.75) is 32.4 Å². The number of nitrogens with zero attached hydrogens (tertiary/aromatic N) is 7. The molecule has 1 fully saturated rings. The predicted octanol–water partition coefficient (Wildman–Crippen LogP) is 2.02. The lowest BCUT2D eigenvalue weighted by Crippen LogP contribution is -2.56. The summed E-state index contributed by atoms with van der Waals surface area (Å²) in [5, 5.41) is 3.64. The van der Waals surface area contributed by atoms with Gasteiger partial charge in [-0.15, -0.1) is 0 Å². The lowest BCUT2D eigenvalue weighted by molar-refractivity contribution is 0.416. The molecule has 3 aromatic rings. The van der Waals surface area contributed by atoms with Gasteiger partial charge in [-0.05, 0) is 19.9 Å². The van der Waals surface area contributed by atoms with Gasteiger partial charge in [-0.3, -0.25) is 14.4 Å². The Morgan fingerprint density at radius 1 is 1.14 bits per heavy atom. The van der Waals surface area contributed by atoms with Gasteiger partial charge in [0.05, 0.1) is 29.8 Å². The number of fused-ring (bicyclic) bond motifs is 1. The molecule has 8 nitrogen and oxygen atoms in total. The Bertz CT molecular complexity index is 1080. The summed E-state index contributed by atoms with van der Waals surface area (Å²) in [6.07, 6.45) is 12.4. The predicted molar refractivity (Wildman–Crippen MR) is 109 cm³/mol. The van der Waals surface area contributed by atoms with Crippen molar-refractivity contribution in [3.05, 3.63) is 48.3 Å². The van der Waals surface area contributed by atoms with E-state index in [0.29, 0.717) is 11.9 Å². The molecule has 2 unspecified atom stereocenters. The molecule has 142 valence electrons. The summed E-state index contributed by atoms with van der Waals surface area (Å²) in [6.45, 7) is 5.88. The smallest absolute Gasteiger partial charge is 0.180 e. The second-order valence-electron chi connectivity index (χ2n) is 7.34. The molecule has 2 aliphatic heterocycles. The second-order valence-corrected chi connectivity index (χ2v) is 7.34. The zero-order valence-corrected chi connectivity index (χ0v) is 15.9. The zero-order chi connectivity index (χ0) is 19.1. The first-order chi connectivity index (χ1) is 13.7. The van der Waals surface area contributed by atoms with E-state index in [-0.39, 0.29) is 6.04 Å². The Hall–Kier alpha value is -3.13. The number of rotatable bonds is 3. The van der Waals surface area contributed by atoms with Crippen molar-refractivity contribution in [3.8, 4) is 11.5 Å². The van der Waals surface area contributed by atoms with E-state index in [9.17, 15) is 0 Å². The van der Waals surface area contributed by atoms with E-state index in [0.717, 1.165) is 48.1 Å². The van der Waals surface area contributed by atoms with Gasteiger partial charge in [0, 0.05) is 44.2 Å². The standard InChI is InChI=1S/C20H22N8/c1-13-11-28-17(8-24-19(28)9-23-13)20-22-7-5-18(26-20)27-10-14(2)25-16(12-27)15-4-3-6-21-15/h4-9,11,14,16,25H,3,10,12H2,1-2H3. The molecule has 8 heteroatoms. The van der Waals surface area contributed by atoms with Crippen LogP contribution in [0.25, 0.3) is 17.2 Å². The quantitative estimate of drug-likeness (QED) is 0.755. The molecule has 0 saturated carbocycles. The van der Waals surface area contributed by atoms with Crippen LogP contribution in [-0.4, -0.2) is 55.7 Å². The maximum absolute atomic E-state index is 4.86. The van der Waals surface area contributed by atoms with Gasteiger partial charge in [-0.25, -0.2) is 15.0 Å². The molecule has 1 N–H and O–H groups in total. The fourth-order valence-corrected chi connectivity index (χ4v) is 3.86. The van der Waals surface area contributed by atoms with E-state index < -0.39 is 0 Å². The molecule has 28 heavy (non-hydrogen) atoms. The molecule has 1 saturated heterocycles. The number of aromatic nitrogens is 5. The Labute approximate surface area is 163 Å². The van der Waals surface area contributed by atoms with Crippen LogP contribution in [0.3, 0.4) is 0 Å². The van der Waals surface area contributed by atoms with E-state index in [2.05, 4.69) is 43.2 Å². The molecule has 0 aliphatic carbocycles. The van der Waals surface area contributed by atoms with Crippen LogP contribution in [0, 0.1) is 6.92 Å². The fraction of sp³-hybridized carbons (Fsp3) is 0.350. The molecule has 5 heterocycles. The first kappa shape index (κ1) is 17.0. The number of hydrogen-bond acceptors (Lipinski definition) is 7. The van der Waals surface area contributed by atoms with E-state index >= 15 is 0 Å². The summed E-state index contributed by atoms with van der Waals surface area (Å²) in [7, 11) is 0. The highest BCUT2D eigenvalue weighted by Gasteiger charge is 2.28. The number of anilines is 1. The number of hydrogen-bond donors (Lipinski definition) is 1. The van der Waals surface area contributed by atoms with Gasteiger partial charge in [0.2, 0.25) is 0 Å². The third-order valence-corrected chi connectivity index (χ3v) is 5.13. The molecule has 2 atom stereocenters. The lowest BCUT2D eigenvalue weighted by Gasteiger charge is -2.38. The summed E-state index contributed by atoms with van der Waals surface area (Å²) >= 11 is 0. The van der Waals surface area contributed by atoms with Gasteiger partial charge >= 0.3 is 0 Å². The molecule has 0 aromatic carbocycles. The lowest BCUT2D eigenvalue weighted by atomic mass is 10.1. The van der Waals surface area contributed by atoms with Crippen molar-refractivity contribution < 1.29 is 0 Å². The average Bonchev–Trinajstić information content (AvgIpc) is 3.37. The summed E-state index contributed by atoms with van der Waals surface area (Å²) in [4.78, 5) is 24.9. The number of imidazole rings is 1. The number of nitrogens with one attached hydrogen (secondary N) is 1. The van der Waals surface area contributed by atoms with Crippen molar-refractivity contribution in [3.63, 3.8) is 0 Å². The molecule has 5 rings (SSSR count). The van der Waals surface area contributed by atoms with Crippen molar-refractivity contribution in [2.75, 3.05) is 18.0 Å². The minimum absolute atomic E-state index is 0.213. The molecule has 0 spiro atoms. The van der Waals surface area contributed by atoms with E-state index in [4.69, 9.17) is 4.98 Å². The van der Waals surface area contributed by atoms with Gasteiger partial charge in [0.15, 0.2) is 11.5 Å². The van der Waals surface area contributed by atoms with Gasteiger partial charge in [-0.1, -0.05) is 6.08 Å². The van der Waals surface area contributed by atoms with Gasteiger partial charge < -0.3 is 10.2 Å². The zero-order valence-electron chi connectivity index (χ0n) is 15.9. The third kappa shape index (κ3) is 3.05. The molecular weight excluding hydrogens is 352 g/mol. The minimum Gasteiger partial charge on any atom is -0.353 e. The Kier molecular flexibility index (Phi) is 4.12. The van der Waals surface area contributed by atoms with Crippen LogP contribution in [-0.2, 0) is 0 Å². The van der Waals surface area contributed by atoms with Gasteiger partial charge in [0.25, 0.3) is 0 Å². The second kappa shape index (κ2) is 6.79. The summed E-state index contributed by atoms with van der Waals surface area (Å²) in [5.74, 6) is 1.59. The highest BCUT2D eigenvalue weighted by Crippen LogP contribution is 2.23. The Morgan fingerprint density at radius 2 is 2.07 bits per heavy atom. The van der Waals surface area contributed by atoms with Gasteiger partial charge in [0.1, 0.15) is 11.5 Å². The monoisotopic (exact) mass is 374 g/mol. The maximum Gasteiger partial charge on any atom is 0.180 e. The molecule has 0 radical (unpaired) electrons. The van der Waals surface area contributed by atoms with Crippen molar-refractivity contribution in [1.82, 2.24) is 29.7 Å². The summed E-state index contributed by atoms with van der Waals surface area (Å²) in [6, 6.07) is 2.53. The first-order valence-electron chi connectivity index (χ1n) is 9.54.